The van der Waals surface area contributed by atoms with Crippen molar-refractivity contribution in [3.05, 3.63) is 191 Å². The molecule has 66 heavy (non-hydrogen) atoms. The van der Waals surface area contributed by atoms with Crippen molar-refractivity contribution in [2.75, 3.05) is 0 Å². The highest BCUT2D eigenvalue weighted by molar-refractivity contribution is 7.74. The number of halogens is 4. The summed E-state index contributed by atoms with van der Waals surface area (Å²) in [6, 6.07) is 42.3. The molecule has 6 aromatic rings. The van der Waals surface area contributed by atoms with Crippen LogP contribution in [-0.4, -0.2) is 44.5 Å². The molecule has 0 spiro atoms. The molecule has 2 fully saturated rings. The number of amides is 2. The van der Waals surface area contributed by atoms with E-state index in [9.17, 15) is 27.2 Å². The van der Waals surface area contributed by atoms with Gasteiger partial charge >= 0.3 is 12.2 Å². The molecule has 0 saturated carbocycles. The lowest BCUT2D eigenvalue weighted by molar-refractivity contribution is 0.0168. The average molecular weight is 931 g/mol. The van der Waals surface area contributed by atoms with Crippen molar-refractivity contribution in [3.63, 3.8) is 0 Å². The first-order valence-corrected chi connectivity index (χ1v) is 25.1. The second kappa shape index (κ2) is 17.9. The predicted molar refractivity (Wildman–Crippen MR) is 255 cm³/mol. The number of hydrogen-bond donors (Lipinski definition) is 0. The zero-order valence-corrected chi connectivity index (χ0v) is 39.5. The van der Waals surface area contributed by atoms with Gasteiger partial charge in [-0.15, -0.1) is 0 Å². The molecule has 12 heteroatoms. The first kappa shape index (κ1) is 45.6. The van der Waals surface area contributed by atoms with E-state index in [1.54, 1.807) is 0 Å². The van der Waals surface area contributed by atoms with E-state index in [1.165, 1.54) is 48.5 Å². The third-order valence-corrected chi connectivity index (χ3v) is 18.3. The largest absolute Gasteiger partial charge is 0.444 e. The van der Waals surface area contributed by atoms with Gasteiger partial charge in [-0.05, 0) is 162 Å². The maximum Gasteiger partial charge on any atom is 0.411 e. The van der Waals surface area contributed by atoms with E-state index in [0.717, 1.165) is 56.3 Å². The van der Waals surface area contributed by atoms with Crippen molar-refractivity contribution < 1.29 is 36.6 Å². The minimum Gasteiger partial charge on any atom is -0.444 e. The fraction of sp³-hybridized carbons (Fsp3) is 0.296. The smallest absolute Gasteiger partial charge is 0.411 e. The van der Waals surface area contributed by atoms with E-state index in [2.05, 4.69) is 24.3 Å². The number of carbonyl (C=O) groups is 2. The zero-order chi connectivity index (χ0) is 46.7. The van der Waals surface area contributed by atoms with Gasteiger partial charge in [0.2, 0.25) is 0 Å². The Morgan fingerprint density at radius 3 is 0.955 bits per heavy atom. The molecule has 6 atom stereocenters. The summed E-state index contributed by atoms with van der Waals surface area (Å²) in [5, 5.41) is 4.05. The Balaban J connectivity index is 0.000000166. The number of benzene rings is 6. The van der Waals surface area contributed by atoms with Crippen LogP contribution in [-0.2, 0) is 9.47 Å². The third-order valence-electron chi connectivity index (χ3n) is 12.6. The van der Waals surface area contributed by atoms with E-state index < -0.39 is 27.0 Å². The fourth-order valence-electron chi connectivity index (χ4n) is 10.2. The summed E-state index contributed by atoms with van der Waals surface area (Å²) in [5.41, 5.74) is 3.61. The molecule has 4 aliphatic heterocycles. The Kier molecular flexibility index (Phi) is 12.4. The van der Waals surface area contributed by atoms with E-state index in [4.69, 9.17) is 9.47 Å². The number of nitrogens with zero attached hydrogens (tertiary/aromatic N) is 2. The second-order valence-electron chi connectivity index (χ2n) is 19.2. The Morgan fingerprint density at radius 2 is 0.697 bits per heavy atom. The van der Waals surface area contributed by atoms with E-state index in [1.807, 2.05) is 124 Å². The maximum absolute atomic E-state index is 13.7. The monoisotopic (exact) mass is 930 g/mol. The lowest BCUT2D eigenvalue weighted by atomic mass is 9.91. The number of hydrogen-bond acceptors (Lipinski definition) is 4. The quantitative estimate of drug-likeness (QED) is 0.123. The van der Waals surface area contributed by atoms with Crippen LogP contribution in [0.4, 0.5) is 27.2 Å². The second-order valence-corrected chi connectivity index (χ2v) is 24.1. The normalized spacial score (nSPS) is 21.4. The Labute approximate surface area is 386 Å². The predicted octanol–water partition coefficient (Wildman–Crippen LogP) is 12.4. The number of carbonyl (C=O) groups excluding carboxylic acids is 2. The van der Waals surface area contributed by atoms with Crippen LogP contribution >= 0.6 is 15.8 Å². The van der Waals surface area contributed by atoms with E-state index >= 15 is 0 Å². The number of rotatable bonds is 6. The van der Waals surface area contributed by atoms with Crippen LogP contribution in [0.2, 0.25) is 0 Å². The van der Waals surface area contributed by atoms with Gasteiger partial charge in [-0.25, -0.2) is 27.2 Å². The summed E-state index contributed by atoms with van der Waals surface area (Å²) in [7, 11) is -1.97. The molecule has 4 aliphatic rings. The summed E-state index contributed by atoms with van der Waals surface area (Å²) in [6.45, 7) is 11.2. The fourth-order valence-corrected chi connectivity index (χ4v) is 16.2. The molecule has 0 unspecified atom stereocenters. The zero-order valence-electron chi connectivity index (χ0n) is 37.7. The third kappa shape index (κ3) is 8.99. The van der Waals surface area contributed by atoms with Crippen LogP contribution in [0.25, 0.3) is 0 Å². The molecular formula is C54H52F4N2O4P2. The summed E-state index contributed by atoms with van der Waals surface area (Å²) in [6.07, 6.45) is 0.927. The molecule has 340 valence electrons. The minimum atomic E-state index is -0.983. The van der Waals surface area contributed by atoms with E-state index in [0.29, 0.717) is 0 Å². The topological polar surface area (TPSA) is 59.1 Å². The van der Waals surface area contributed by atoms with Crippen LogP contribution in [0.3, 0.4) is 0 Å². The molecule has 10 rings (SSSR count). The van der Waals surface area contributed by atoms with Gasteiger partial charge in [0.15, 0.2) is 0 Å². The van der Waals surface area contributed by atoms with Crippen LogP contribution < -0.4 is 21.2 Å². The van der Waals surface area contributed by atoms with Crippen LogP contribution in [0.5, 0.6) is 0 Å². The Morgan fingerprint density at radius 1 is 0.439 bits per heavy atom. The molecule has 4 heterocycles. The lowest BCUT2D eigenvalue weighted by Crippen LogP contribution is -2.36. The Bertz CT molecular complexity index is 2450. The first-order valence-electron chi connectivity index (χ1n) is 22.3. The van der Waals surface area contributed by atoms with Gasteiger partial charge in [0, 0.05) is 11.3 Å². The molecule has 0 N–H and O–H groups in total. The Hall–Kier alpha value is -5.56. The van der Waals surface area contributed by atoms with Gasteiger partial charge in [0.1, 0.15) is 34.5 Å². The van der Waals surface area contributed by atoms with Crippen molar-refractivity contribution in [1.82, 2.24) is 9.80 Å². The van der Waals surface area contributed by atoms with Crippen molar-refractivity contribution >= 4 is 49.2 Å². The van der Waals surface area contributed by atoms with Gasteiger partial charge in [-0.2, -0.15) is 0 Å². The SMILES string of the molecule is CC(C)(C)OC(=O)N1[C@@H]2C[C@H](P(c3ccc(F)cc3)c3ccc(F)cc3)[C@H]1c1ccccc12.CC(C)(C)OC(=O)N1[C@@H]2C[C@H](P(c3ccc(F)cc3)c3ccc(F)cc3)[C@H]1c1ccccc12. The molecule has 6 nitrogen and oxygen atoms in total. The van der Waals surface area contributed by atoms with Crippen molar-refractivity contribution in [2.24, 2.45) is 0 Å². The summed E-state index contributed by atoms with van der Waals surface area (Å²) >= 11 is 0. The molecule has 4 bridgehead atoms. The molecule has 2 saturated heterocycles. The van der Waals surface area contributed by atoms with Gasteiger partial charge in [-0.1, -0.05) is 97.1 Å². The first-order chi connectivity index (χ1) is 31.5. The maximum atomic E-state index is 13.7. The number of fused-ring (bicyclic) bond motifs is 10. The minimum absolute atomic E-state index is 0.0723. The van der Waals surface area contributed by atoms with Gasteiger partial charge < -0.3 is 9.47 Å². The van der Waals surface area contributed by atoms with Crippen LogP contribution in [0, 0.1) is 23.3 Å². The highest BCUT2D eigenvalue weighted by Gasteiger charge is 2.57. The molecule has 2 amide bonds. The van der Waals surface area contributed by atoms with Crippen LogP contribution in [0.1, 0.15) is 101 Å². The average Bonchev–Trinajstić information content (AvgIpc) is 4.02. The van der Waals surface area contributed by atoms with Gasteiger partial charge in [0.05, 0.1) is 24.2 Å². The van der Waals surface area contributed by atoms with Crippen molar-refractivity contribution in [2.45, 2.75) is 101 Å². The van der Waals surface area contributed by atoms with Gasteiger partial charge in [-0.3, -0.25) is 9.80 Å². The molecule has 0 aromatic heterocycles. The summed E-state index contributed by atoms with van der Waals surface area (Å²) in [4.78, 5) is 30.4. The van der Waals surface area contributed by atoms with Crippen molar-refractivity contribution in [3.8, 4) is 0 Å². The van der Waals surface area contributed by atoms with E-state index in [-0.39, 0.29) is 70.9 Å². The molecule has 0 aliphatic carbocycles. The molecular weight excluding hydrogens is 879 g/mol. The molecule has 0 radical (unpaired) electrons. The highest BCUT2D eigenvalue weighted by atomic mass is 31.1. The van der Waals surface area contributed by atoms with Gasteiger partial charge in [0.25, 0.3) is 0 Å². The molecule has 6 aromatic carbocycles. The summed E-state index contributed by atoms with van der Waals surface area (Å²) < 4.78 is 66.6. The lowest BCUT2D eigenvalue weighted by Gasteiger charge is -2.33. The van der Waals surface area contributed by atoms with Crippen LogP contribution in [0.15, 0.2) is 146 Å². The van der Waals surface area contributed by atoms with Crippen molar-refractivity contribution in [1.29, 1.82) is 0 Å². The summed E-state index contributed by atoms with van der Waals surface area (Å²) in [5.74, 6) is -1.16. The highest BCUT2D eigenvalue weighted by Crippen LogP contribution is 2.64. The number of ether oxygens (including phenoxy) is 2. The standard InChI is InChI=1S/2C27H26F2NO2P/c2*1-27(2,3)32-26(31)30-23-16-24(25(30)22-7-5-4-6-21(22)23)33(19-12-8-17(28)9-13-19)20-14-10-18(29)11-15-20/h2*4-15,23-25H,16H2,1-3H3/t2*23-,24+,25-/m11/s1.